The number of carbonyl (C=O) groups is 1. The number of carbonyl (C=O) groups excluding carboxylic acids is 1. The summed E-state index contributed by atoms with van der Waals surface area (Å²) in [6, 6.07) is 2.97. The number of aromatic nitrogens is 3. The van der Waals surface area contributed by atoms with E-state index >= 15 is 0 Å². The predicted molar refractivity (Wildman–Crippen MR) is 69.7 cm³/mol. The van der Waals surface area contributed by atoms with Crippen molar-refractivity contribution in [1.82, 2.24) is 20.5 Å². The molecule has 5 nitrogen and oxygen atoms in total. The summed E-state index contributed by atoms with van der Waals surface area (Å²) in [5, 5.41) is 13.3. The molecule has 0 aliphatic carbocycles. The lowest BCUT2D eigenvalue weighted by atomic mass is 10.2. The van der Waals surface area contributed by atoms with Crippen LogP contribution in [0.3, 0.4) is 0 Å². The molecule has 0 saturated heterocycles. The minimum atomic E-state index is -0.277. The van der Waals surface area contributed by atoms with E-state index in [0.29, 0.717) is 0 Å². The average Bonchev–Trinajstić information content (AvgIpc) is 2.90. The molecule has 0 radical (unpaired) electrons. The molecule has 0 aliphatic heterocycles. The van der Waals surface area contributed by atoms with Gasteiger partial charge in [-0.05, 0) is 18.6 Å². The van der Waals surface area contributed by atoms with Gasteiger partial charge in [0, 0.05) is 11.6 Å². The van der Waals surface area contributed by atoms with Crippen LogP contribution in [0.1, 0.15) is 34.9 Å². The van der Waals surface area contributed by atoms with Crippen molar-refractivity contribution in [2.24, 2.45) is 0 Å². The van der Waals surface area contributed by atoms with E-state index in [9.17, 15) is 4.79 Å². The molecule has 0 aromatic carbocycles. The number of nitrogens with one attached hydrogen (secondary N) is 1. The maximum atomic E-state index is 11.9. The van der Waals surface area contributed by atoms with Gasteiger partial charge >= 0.3 is 0 Å². The van der Waals surface area contributed by atoms with Gasteiger partial charge in [0.05, 0.1) is 6.04 Å². The molecule has 0 saturated carbocycles. The van der Waals surface area contributed by atoms with Crippen LogP contribution >= 0.6 is 22.9 Å². The van der Waals surface area contributed by atoms with Gasteiger partial charge in [-0.3, -0.25) is 4.79 Å². The van der Waals surface area contributed by atoms with Crippen molar-refractivity contribution < 1.29 is 4.79 Å². The van der Waals surface area contributed by atoms with Crippen molar-refractivity contribution in [3.8, 4) is 0 Å². The van der Waals surface area contributed by atoms with E-state index in [2.05, 4.69) is 20.5 Å². The molecule has 0 spiro atoms. The van der Waals surface area contributed by atoms with E-state index in [0.717, 1.165) is 11.4 Å². The monoisotopic (exact) mass is 282 g/mol. The second-order valence-electron chi connectivity index (χ2n) is 3.55. The third kappa shape index (κ3) is 3.02. The number of halogens is 1. The maximum Gasteiger partial charge on any atom is 0.272 e. The van der Waals surface area contributed by atoms with Gasteiger partial charge in [-0.15, -0.1) is 21.5 Å². The Labute approximate surface area is 113 Å². The summed E-state index contributed by atoms with van der Waals surface area (Å²) in [6.07, 6.45) is 2.48. The summed E-state index contributed by atoms with van der Waals surface area (Å²) in [5.41, 5.74) is 0.245. The van der Waals surface area contributed by atoms with E-state index in [1.54, 1.807) is 12.3 Å². The fourth-order valence-corrected chi connectivity index (χ4v) is 2.29. The largest absolute Gasteiger partial charge is 0.341 e. The van der Waals surface area contributed by atoms with Gasteiger partial charge in [-0.1, -0.05) is 18.5 Å². The molecular formula is C11H11ClN4OS. The molecule has 0 aliphatic rings. The molecule has 2 aromatic heterocycles. The Bertz CT molecular complexity index is 514. The minimum Gasteiger partial charge on any atom is -0.341 e. The van der Waals surface area contributed by atoms with E-state index in [4.69, 9.17) is 11.6 Å². The van der Waals surface area contributed by atoms with Crippen LogP contribution in [0.2, 0.25) is 5.15 Å². The molecule has 94 valence electrons. The van der Waals surface area contributed by atoms with Crippen LogP contribution in [0.5, 0.6) is 0 Å². The normalized spacial score (nSPS) is 12.1. The Morgan fingerprint density at radius 1 is 1.50 bits per heavy atom. The first-order chi connectivity index (χ1) is 8.70. The van der Waals surface area contributed by atoms with E-state index in [1.165, 1.54) is 17.4 Å². The molecule has 0 bridgehead atoms. The number of nitrogens with zero attached hydrogens (tertiary/aromatic N) is 3. The van der Waals surface area contributed by atoms with Gasteiger partial charge in [0.1, 0.15) is 5.01 Å². The van der Waals surface area contributed by atoms with Gasteiger partial charge in [0.15, 0.2) is 10.8 Å². The molecule has 2 aromatic rings. The Balaban J connectivity index is 2.08. The van der Waals surface area contributed by atoms with Crippen LogP contribution in [-0.4, -0.2) is 21.1 Å². The van der Waals surface area contributed by atoms with E-state index < -0.39 is 0 Å². The van der Waals surface area contributed by atoms with Crippen LogP contribution in [0.15, 0.2) is 23.7 Å². The van der Waals surface area contributed by atoms with Gasteiger partial charge in [-0.25, -0.2) is 4.98 Å². The smallest absolute Gasteiger partial charge is 0.272 e. The van der Waals surface area contributed by atoms with Crippen molar-refractivity contribution in [2.75, 3.05) is 0 Å². The highest BCUT2D eigenvalue weighted by Gasteiger charge is 2.17. The maximum absolute atomic E-state index is 11.9. The van der Waals surface area contributed by atoms with Gasteiger partial charge < -0.3 is 5.32 Å². The number of hydrogen-bond acceptors (Lipinski definition) is 5. The highest BCUT2D eigenvalue weighted by molar-refractivity contribution is 7.09. The molecule has 2 rings (SSSR count). The van der Waals surface area contributed by atoms with Crippen LogP contribution in [0.25, 0.3) is 0 Å². The quantitative estimate of drug-likeness (QED) is 0.935. The summed E-state index contributed by atoms with van der Waals surface area (Å²) < 4.78 is 0. The number of thiazole rings is 1. The van der Waals surface area contributed by atoms with Crippen LogP contribution < -0.4 is 5.32 Å². The number of hydrogen-bond donors (Lipinski definition) is 1. The summed E-state index contributed by atoms with van der Waals surface area (Å²) in [5.74, 6) is -0.277. The molecule has 1 unspecified atom stereocenters. The predicted octanol–water partition coefficient (Wildman–Crippen LogP) is 2.47. The van der Waals surface area contributed by atoms with Crippen molar-refractivity contribution in [3.63, 3.8) is 0 Å². The fourth-order valence-electron chi connectivity index (χ4n) is 1.41. The molecule has 2 heterocycles. The van der Waals surface area contributed by atoms with E-state index in [-0.39, 0.29) is 22.8 Å². The second kappa shape index (κ2) is 5.88. The van der Waals surface area contributed by atoms with Crippen molar-refractivity contribution in [2.45, 2.75) is 19.4 Å². The van der Waals surface area contributed by atoms with Crippen LogP contribution in [0.4, 0.5) is 0 Å². The molecule has 0 fully saturated rings. The molecule has 1 atom stereocenters. The van der Waals surface area contributed by atoms with Gasteiger partial charge in [0.25, 0.3) is 5.91 Å². The first-order valence-corrected chi connectivity index (χ1v) is 6.66. The van der Waals surface area contributed by atoms with Crippen molar-refractivity contribution in [1.29, 1.82) is 0 Å². The zero-order valence-electron chi connectivity index (χ0n) is 9.63. The SMILES string of the molecule is CCC(NC(=O)c1ccc(Cl)nn1)c1nccs1. The topological polar surface area (TPSA) is 67.8 Å². The van der Waals surface area contributed by atoms with Crippen LogP contribution in [0, 0.1) is 0 Å². The third-order valence-corrected chi connectivity index (χ3v) is 3.42. The lowest BCUT2D eigenvalue weighted by molar-refractivity contribution is 0.0929. The summed E-state index contributed by atoms with van der Waals surface area (Å²) in [6.45, 7) is 1.99. The molecule has 1 N–H and O–H groups in total. The second-order valence-corrected chi connectivity index (χ2v) is 4.86. The summed E-state index contributed by atoms with van der Waals surface area (Å²) in [4.78, 5) is 16.1. The van der Waals surface area contributed by atoms with E-state index in [1.807, 2.05) is 12.3 Å². The van der Waals surface area contributed by atoms with Gasteiger partial charge in [0.2, 0.25) is 0 Å². The number of rotatable bonds is 4. The first-order valence-electron chi connectivity index (χ1n) is 5.40. The number of amides is 1. The first kappa shape index (κ1) is 12.9. The highest BCUT2D eigenvalue weighted by atomic mass is 35.5. The highest BCUT2D eigenvalue weighted by Crippen LogP contribution is 2.19. The standard InChI is InChI=1S/C11H11ClN4OS/c1-2-7(11-13-5-6-18-11)14-10(17)8-3-4-9(12)16-15-8/h3-7H,2H2,1H3,(H,14,17). The van der Waals surface area contributed by atoms with Crippen LogP contribution in [-0.2, 0) is 0 Å². The molecule has 7 heteroatoms. The lowest BCUT2D eigenvalue weighted by Crippen LogP contribution is -2.28. The minimum absolute atomic E-state index is 0.102. The Hall–Kier alpha value is -1.53. The molecule has 18 heavy (non-hydrogen) atoms. The Morgan fingerprint density at radius 2 is 2.33 bits per heavy atom. The zero-order chi connectivity index (χ0) is 13.0. The van der Waals surface area contributed by atoms with Crippen molar-refractivity contribution >= 4 is 28.8 Å². The zero-order valence-corrected chi connectivity index (χ0v) is 11.2. The van der Waals surface area contributed by atoms with Gasteiger partial charge in [-0.2, -0.15) is 0 Å². The molecular weight excluding hydrogens is 272 g/mol. The summed E-state index contributed by atoms with van der Waals surface area (Å²) >= 11 is 7.13. The Kier molecular flexibility index (Phi) is 4.22. The van der Waals surface area contributed by atoms with Crippen molar-refractivity contribution in [3.05, 3.63) is 39.6 Å². The summed E-state index contributed by atoms with van der Waals surface area (Å²) in [7, 11) is 0. The fraction of sp³-hybridized carbons (Fsp3) is 0.273. The Morgan fingerprint density at radius 3 is 2.89 bits per heavy atom. The lowest BCUT2D eigenvalue weighted by Gasteiger charge is -2.13. The molecule has 1 amide bonds. The average molecular weight is 283 g/mol. The third-order valence-electron chi connectivity index (χ3n) is 2.33.